The van der Waals surface area contributed by atoms with Crippen LogP contribution in [0.2, 0.25) is 0 Å². The third-order valence-electron chi connectivity index (χ3n) is 4.95. The lowest BCUT2D eigenvalue weighted by molar-refractivity contribution is 0.353. The smallest absolute Gasteiger partial charge is 0.277 e. The summed E-state index contributed by atoms with van der Waals surface area (Å²) in [7, 11) is -0.382. The van der Waals surface area contributed by atoms with Gasteiger partial charge >= 0.3 is 0 Å². The molecule has 0 spiro atoms. The molecule has 0 aliphatic carbocycles. The lowest BCUT2D eigenvalue weighted by Gasteiger charge is -2.16. The van der Waals surface area contributed by atoms with Crippen LogP contribution in [-0.2, 0) is 16.8 Å². The first kappa shape index (κ1) is 25.2. The number of benzene rings is 2. The second-order valence-corrected chi connectivity index (χ2v) is 9.07. The van der Waals surface area contributed by atoms with Crippen LogP contribution < -0.4 is 29.6 Å². The van der Waals surface area contributed by atoms with Crippen LogP contribution in [0.4, 0.5) is 23.1 Å². The SMILES string of the molecule is CCNS(=O)(=O)NCc1ccccc1Nc1nc(Nc2cc(C)c(OC)c(OC)c2)ncc1C. The Labute approximate surface area is 200 Å². The minimum Gasteiger partial charge on any atom is -0.493 e. The minimum absolute atomic E-state index is 0.124. The number of nitrogens with one attached hydrogen (secondary N) is 4. The molecule has 34 heavy (non-hydrogen) atoms. The third kappa shape index (κ3) is 6.34. The summed E-state index contributed by atoms with van der Waals surface area (Å²) in [4.78, 5) is 8.99. The van der Waals surface area contributed by atoms with Gasteiger partial charge in [0.2, 0.25) is 5.95 Å². The van der Waals surface area contributed by atoms with Crippen molar-refractivity contribution in [3.63, 3.8) is 0 Å². The molecule has 10 nitrogen and oxygen atoms in total. The molecule has 0 fully saturated rings. The molecule has 1 heterocycles. The Hall–Kier alpha value is -3.41. The van der Waals surface area contributed by atoms with Crippen LogP contribution in [0, 0.1) is 13.8 Å². The molecule has 0 aliphatic rings. The molecule has 0 bridgehead atoms. The molecule has 0 saturated carbocycles. The largest absolute Gasteiger partial charge is 0.493 e. The van der Waals surface area contributed by atoms with Gasteiger partial charge in [0.25, 0.3) is 10.2 Å². The molecule has 0 radical (unpaired) electrons. The highest BCUT2D eigenvalue weighted by molar-refractivity contribution is 7.87. The maximum atomic E-state index is 12.0. The highest BCUT2D eigenvalue weighted by Crippen LogP contribution is 2.35. The lowest BCUT2D eigenvalue weighted by atomic mass is 10.1. The Balaban J connectivity index is 1.83. The summed E-state index contributed by atoms with van der Waals surface area (Å²) in [5.74, 6) is 2.26. The third-order valence-corrected chi connectivity index (χ3v) is 6.14. The molecule has 0 amide bonds. The van der Waals surface area contributed by atoms with Crippen molar-refractivity contribution in [1.82, 2.24) is 19.4 Å². The normalized spacial score (nSPS) is 11.2. The fourth-order valence-corrected chi connectivity index (χ4v) is 4.15. The summed E-state index contributed by atoms with van der Waals surface area (Å²) in [5, 5.41) is 6.50. The van der Waals surface area contributed by atoms with E-state index >= 15 is 0 Å². The van der Waals surface area contributed by atoms with E-state index in [1.807, 2.05) is 50.2 Å². The summed E-state index contributed by atoms with van der Waals surface area (Å²) in [6.45, 7) is 5.98. The fourth-order valence-electron chi connectivity index (χ4n) is 3.32. The number of ether oxygens (including phenoxy) is 2. The van der Waals surface area contributed by atoms with E-state index in [2.05, 4.69) is 30.0 Å². The van der Waals surface area contributed by atoms with Crippen LogP contribution in [0.25, 0.3) is 0 Å². The quantitative estimate of drug-likeness (QED) is 0.324. The predicted octanol–water partition coefficient (Wildman–Crippen LogP) is 3.54. The zero-order valence-corrected chi connectivity index (χ0v) is 20.7. The first-order chi connectivity index (χ1) is 16.3. The van der Waals surface area contributed by atoms with Crippen LogP contribution in [0.1, 0.15) is 23.6 Å². The van der Waals surface area contributed by atoms with Gasteiger partial charge in [-0.1, -0.05) is 25.1 Å². The van der Waals surface area contributed by atoms with Gasteiger partial charge in [0.1, 0.15) is 5.82 Å². The van der Waals surface area contributed by atoms with Gasteiger partial charge in [0, 0.05) is 42.3 Å². The zero-order chi connectivity index (χ0) is 24.7. The van der Waals surface area contributed by atoms with Gasteiger partial charge in [0.05, 0.1) is 14.2 Å². The van der Waals surface area contributed by atoms with Gasteiger partial charge in [0.15, 0.2) is 11.5 Å². The Bertz CT molecular complexity index is 1250. The number of rotatable bonds is 11. The number of para-hydroxylation sites is 1. The average Bonchev–Trinajstić information content (AvgIpc) is 2.80. The second-order valence-electron chi connectivity index (χ2n) is 7.48. The summed E-state index contributed by atoms with van der Waals surface area (Å²) in [6, 6.07) is 11.2. The minimum atomic E-state index is -3.57. The molecular weight excluding hydrogens is 456 g/mol. The molecule has 3 aromatic rings. The Morgan fingerprint density at radius 2 is 1.74 bits per heavy atom. The first-order valence-corrected chi connectivity index (χ1v) is 12.2. The van der Waals surface area contributed by atoms with E-state index < -0.39 is 10.2 Å². The van der Waals surface area contributed by atoms with Crippen molar-refractivity contribution in [2.75, 3.05) is 31.4 Å². The summed E-state index contributed by atoms with van der Waals surface area (Å²) < 4.78 is 39.7. The van der Waals surface area contributed by atoms with Gasteiger partial charge in [-0.3, -0.25) is 0 Å². The lowest BCUT2D eigenvalue weighted by Crippen LogP contribution is -2.35. The van der Waals surface area contributed by atoms with Crippen molar-refractivity contribution in [3.8, 4) is 11.5 Å². The van der Waals surface area contributed by atoms with E-state index in [0.29, 0.717) is 29.8 Å². The van der Waals surface area contributed by atoms with Gasteiger partial charge < -0.3 is 20.1 Å². The van der Waals surface area contributed by atoms with Crippen molar-refractivity contribution in [2.24, 2.45) is 0 Å². The molecule has 182 valence electrons. The molecule has 4 N–H and O–H groups in total. The van der Waals surface area contributed by atoms with E-state index in [1.54, 1.807) is 27.3 Å². The van der Waals surface area contributed by atoms with Crippen molar-refractivity contribution >= 4 is 33.4 Å². The molecule has 11 heteroatoms. The van der Waals surface area contributed by atoms with Gasteiger partial charge in [-0.05, 0) is 37.1 Å². The molecule has 3 rings (SSSR count). The van der Waals surface area contributed by atoms with E-state index in [0.717, 1.165) is 28.1 Å². The van der Waals surface area contributed by atoms with Crippen LogP contribution >= 0.6 is 0 Å². The van der Waals surface area contributed by atoms with E-state index in [4.69, 9.17) is 9.47 Å². The maximum absolute atomic E-state index is 12.0. The van der Waals surface area contributed by atoms with E-state index in [9.17, 15) is 8.42 Å². The second kappa shape index (κ2) is 11.1. The fraction of sp³-hybridized carbons (Fsp3) is 0.304. The van der Waals surface area contributed by atoms with Crippen molar-refractivity contribution in [2.45, 2.75) is 27.3 Å². The first-order valence-electron chi connectivity index (χ1n) is 10.7. The van der Waals surface area contributed by atoms with E-state index in [-0.39, 0.29) is 6.54 Å². The topological polar surface area (TPSA) is 127 Å². The maximum Gasteiger partial charge on any atom is 0.277 e. The molecular formula is C23H30N6O4S. The standard InChI is InChI=1S/C23H30N6O4S/c1-6-25-34(30,31)26-14-17-9-7-8-10-19(17)28-22-16(3)13-24-23(29-22)27-18-11-15(2)21(33-5)20(12-18)32-4/h7-13,25-26H,6,14H2,1-5H3,(H2,24,27,28,29). The summed E-state index contributed by atoms with van der Waals surface area (Å²) in [5.41, 5.74) is 3.99. The number of methoxy groups -OCH3 is 2. The molecule has 0 saturated heterocycles. The van der Waals surface area contributed by atoms with E-state index in [1.165, 1.54) is 0 Å². The summed E-state index contributed by atoms with van der Waals surface area (Å²) in [6.07, 6.45) is 1.71. The number of anilines is 4. The Kier molecular flexibility index (Phi) is 8.26. The van der Waals surface area contributed by atoms with Crippen molar-refractivity contribution in [3.05, 3.63) is 59.3 Å². The number of aryl methyl sites for hydroxylation is 2. The Morgan fingerprint density at radius 1 is 0.971 bits per heavy atom. The number of nitrogens with zero attached hydrogens (tertiary/aromatic N) is 2. The zero-order valence-electron chi connectivity index (χ0n) is 19.9. The monoisotopic (exact) mass is 486 g/mol. The van der Waals surface area contributed by atoms with Crippen LogP contribution in [0.5, 0.6) is 11.5 Å². The molecule has 1 aromatic heterocycles. The highest BCUT2D eigenvalue weighted by Gasteiger charge is 2.13. The molecule has 0 unspecified atom stereocenters. The molecule has 0 atom stereocenters. The molecule has 2 aromatic carbocycles. The Morgan fingerprint density at radius 3 is 2.44 bits per heavy atom. The predicted molar refractivity (Wildman–Crippen MR) is 133 cm³/mol. The number of hydrogen-bond donors (Lipinski definition) is 4. The summed E-state index contributed by atoms with van der Waals surface area (Å²) >= 11 is 0. The van der Waals surface area contributed by atoms with Crippen LogP contribution in [0.15, 0.2) is 42.6 Å². The highest BCUT2D eigenvalue weighted by atomic mass is 32.2. The average molecular weight is 487 g/mol. The van der Waals surface area contributed by atoms with Crippen molar-refractivity contribution < 1.29 is 17.9 Å². The van der Waals surface area contributed by atoms with Crippen LogP contribution in [-0.4, -0.2) is 39.2 Å². The number of aromatic nitrogens is 2. The van der Waals surface area contributed by atoms with Gasteiger partial charge in [-0.2, -0.15) is 18.1 Å². The van der Waals surface area contributed by atoms with Gasteiger partial charge in [-0.15, -0.1) is 0 Å². The van der Waals surface area contributed by atoms with Crippen LogP contribution in [0.3, 0.4) is 0 Å². The van der Waals surface area contributed by atoms with Crippen molar-refractivity contribution in [1.29, 1.82) is 0 Å². The number of hydrogen-bond acceptors (Lipinski definition) is 8. The van der Waals surface area contributed by atoms with Gasteiger partial charge in [-0.25, -0.2) is 9.71 Å². The molecule has 0 aliphatic heterocycles.